The Morgan fingerprint density at radius 1 is 1.15 bits per heavy atom. The minimum atomic E-state index is -0.371. The number of aliphatic hydroxyl groups excluding tert-OH is 1. The number of rotatable bonds is 8. The molecule has 0 saturated heterocycles. The first-order chi connectivity index (χ1) is 9.63. The topological polar surface area (TPSA) is 20.2 Å². The Morgan fingerprint density at radius 3 is 2.45 bits per heavy atom. The molecular weight excluding hydrogens is 244 g/mol. The van der Waals surface area contributed by atoms with E-state index in [0.717, 1.165) is 12.0 Å². The lowest BCUT2D eigenvalue weighted by molar-refractivity contribution is 0.231. The van der Waals surface area contributed by atoms with Crippen LogP contribution in [0, 0.1) is 0 Å². The van der Waals surface area contributed by atoms with Gasteiger partial charge < -0.3 is 5.11 Å². The summed E-state index contributed by atoms with van der Waals surface area (Å²) in [7, 11) is 0. The summed E-state index contributed by atoms with van der Waals surface area (Å²) >= 11 is 0. The average Bonchev–Trinajstić information content (AvgIpc) is 2.44. The van der Waals surface area contributed by atoms with Gasteiger partial charge in [-0.2, -0.15) is 0 Å². The van der Waals surface area contributed by atoms with Gasteiger partial charge in [-0.15, -0.1) is 0 Å². The van der Waals surface area contributed by atoms with Crippen molar-refractivity contribution >= 4 is 6.08 Å². The van der Waals surface area contributed by atoms with E-state index in [1.54, 1.807) is 0 Å². The Balaban J connectivity index is 2.79. The average molecular weight is 272 g/mol. The van der Waals surface area contributed by atoms with E-state index in [-0.39, 0.29) is 6.10 Å². The third-order valence-electron chi connectivity index (χ3n) is 3.54. The number of aliphatic hydroxyl groups is 1. The number of benzene rings is 1. The van der Waals surface area contributed by atoms with Crippen molar-refractivity contribution in [2.75, 3.05) is 0 Å². The summed E-state index contributed by atoms with van der Waals surface area (Å²) in [4.78, 5) is 0. The fraction of sp³-hybridized carbons (Fsp3) is 0.474. The quantitative estimate of drug-likeness (QED) is 0.498. The standard InChI is InChI=1S/C19H28O/c1-4-5-6-8-13-19(14-16(2)17(3)20)15-18-11-9-7-10-12-18/h7,9-12,14-15,17,20H,4-6,8,13H2,1-3H3/b16-14+,19-15+. The summed E-state index contributed by atoms with van der Waals surface area (Å²) in [5, 5.41) is 9.65. The van der Waals surface area contributed by atoms with E-state index < -0.39 is 0 Å². The molecule has 0 fully saturated rings. The number of allylic oxidation sites excluding steroid dienone is 2. The molecule has 0 aromatic heterocycles. The molecule has 1 aromatic carbocycles. The van der Waals surface area contributed by atoms with Gasteiger partial charge in [-0.1, -0.05) is 68.7 Å². The molecule has 0 spiro atoms. The van der Waals surface area contributed by atoms with Crippen LogP contribution >= 0.6 is 0 Å². The number of hydrogen-bond donors (Lipinski definition) is 1. The first kappa shape index (κ1) is 16.7. The van der Waals surface area contributed by atoms with Crippen LogP contribution in [0.15, 0.2) is 47.6 Å². The molecule has 0 aliphatic carbocycles. The molecule has 1 aromatic rings. The summed E-state index contributed by atoms with van der Waals surface area (Å²) in [5.41, 5.74) is 3.57. The van der Waals surface area contributed by atoms with Gasteiger partial charge >= 0.3 is 0 Å². The van der Waals surface area contributed by atoms with E-state index in [1.165, 1.54) is 36.8 Å². The van der Waals surface area contributed by atoms with Gasteiger partial charge in [0.25, 0.3) is 0 Å². The molecule has 0 bridgehead atoms. The summed E-state index contributed by atoms with van der Waals surface area (Å²) in [5.74, 6) is 0. The summed E-state index contributed by atoms with van der Waals surface area (Å²) in [6, 6.07) is 10.4. The molecule has 1 heteroatoms. The molecule has 1 nitrogen and oxygen atoms in total. The van der Waals surface area contributed by atoms with Crippen molar-refractivity contribution in [3.8, 4) is 0 Å². The van der Waals surface area contributed by atoms with Crippen LogP contribution in [-0.2, 0) is 0 Å². The van der Waals surface area contributed by atoms with Gasteiger partial charge in [-0.25, -0.2) is 0 Å². The predicted molar refractivity (Wildman–Crippen MR) is 88.6 cm³/mol. The maximum atomic E-state index is 9.65. The molecule has 20 heavy (non-hydrogen) atoms. The molecule has 1 unspecified atom stereocenters. The van der Waals surface area contributed by atoms with E-state index in [1.807, 2.05) is 19.9 Å². The molecular formula is C19H28O. The molecule has 0 heterocycles. The van der Waals surface area contributed by atoms with Crippen LogP contribution in [0.3, 0.4) is 0 Å². The van der Waals surface area contributed by atoms with Crippen molar-refractivity contribution in [3.63, 3.8) is 0 Å². The minimum absolute atomic E-state index is 0.371. The Labute approximate surface area is 124 Å². The van der Waals surface area contributed by atoms with Crippen molar-refractivity contribution in [2.24, 2.45) is 0 Å². The Bertz CT molecular complexity index is 426. The van der Waals surface area contributed by atoms with Crippen LogP contribution in [0.1, 0.15) is 58.4 Å². The molecule has 0 radical (unpaired) electrons. The monoisotopic (exact) mass is 272 g/mol. The van der Waals surface area contributed by atoms with Crippen LogP contribution in [0.2, 0.25) is 0 Å². The lowest BCUT2D eigenvalue weighted by Crippen LogP contribution is -2.01. The smallest absolute Gasteiger partial charge is 0.0722 e. The maximum absolute atomic E-state index is 9.65. The van der Waals surface area contributed by atoms with Crippen molar-refractivity contribution in [2.45, 2.75) is 59.0 Å². The molecule has 110 valence electrons. The largest absolute Gasteiger partial charge is 0.389 e. The molecule has 0 amide bonds. The van der Waals surface area contributed by atoms with Crippen molar-refractivity contribution < 1.29 is 5.11 Å². The first-order valence-corrected chi connectivity index (χ1v) is 7.75. The molecule has 1 rings (SSSR count). The summed E-state index contributed by atoms with van der Waals surface area (Å²) in [6.45, 7) is 6.05. The van der Waals surface area contributed by atoms with Crippen LogP contribution in [0.4, 0.5) is 0 Å². The highest BCUT2D eigenvalue weighted by molar-refractivity contribution is 5.56. The van der Waals surface area contributed by atoms with Crippen molar-refractivity contribution in [1.29, 1.82) is 0 Å². The fourth-order valence-electron chi connectivity index (χ4n) is 2.12. The van der Waals surface area contributed by atoms with Crippen molar-refractivity contribution in [1.82, 2.24) is 0 Å². The van der Waals surface area contributed by atoms with E-state index in [0.29, 0.717) is 0 Å². The SMILES string of the molecule is CCCCCCC(=C\c1ccccc1)/C=C(\C)C(C)O. The number of unbranched alkanes of at least 4 members (excludes halogenated alkanes) is 3. The van der Waals surface area contributed by atoms with Gasteiger partial charge in [0.2, 0.25) is 0 Å². The zero-order valence-electron chi connectivity index (χ0n) is 13.1. The highest BCUT2D eigenvalue weighted by atomic mass is 16.3. The third kappa shape index (κ3) is 6.72. The van der Waals surface area contributed by atoms with Crippen molar-refractivity contribution in [3.05, 3.63) is 53.1 Å². The molecule has 0 aliphatic rings. The highest BCUT2D eigenvalue weighted by Gasteiger charge is 2.01. The first-order valence-electron chi connectivity index (χ1n) is 7.75. The zero-order valence-corrected chi connectivity index (χ0v) is 13.1. The van der Waals surface area contributed by atoms with Gasteiger partial charge in [0.15, 0.2) is 0 Å². The second-order valence-electron chi connectivity index (χ2n) is 5.50. The van der Waals surface area contributed by atoms with Crippen LogP contribution in [-0.4, -0.2) is 11.2 Å². The van der Waals surface area contributed by atoms with E-state index in [4.69, 9.17) is 0 Å². The van der Waals surface area contributed by atoms with E-state index >= 15 is 0 Å². The van der Waals surface area contributed by atoms with Gasteiger partial charge in [0.05, 0.1) is 6.10 Å². The molecule has 1 atom stereocenters. The Hall–Kier alpha value is -1.34. The highest BCUT2D eigenvalue weighted by Crippen LogP contribution is 2.18. The Kier molecular flexibility index (Phi) is 7.98. The van der Waals surface area contributed by atoms with E-state index in [2.05, 4.69) is 43.3 Å². The molecule has 0 saturated carbocycles. The number of hydrogen-bond acceptors (Lipinski definition) is 1. The lowest BCUT2D eigenvalue weighted by Gasteiger charge is -2.08. The Morgan fingerprint density at radius 2 is 1.85 bits per heavy atom. The van der Waals surface area contributed by atoms with Gasteiger partial charge in [-0.05, 0) is 43.4 Å². The summed E-state index contributed by atoms with van der Waals surface area (Å²) in [6.07, 6.45) is 10.2. The van der Waals surface area contributed by atoms with E-state index in [9.17, 15) is 5.11 Å². The van der Waals surface area contributed by atoms with Crippen LogP contribution in [0.5, 0.6) is 0 Å². The summed E-state index contributed by atoms with van der Waals surface area (Å²) < 4.78 is 0. The normalized spacial score (nSPS) is 14.4. The zero-order chi connectivity index (χ0) is 14.8. The fourth-order valence-corrected chi connectivity index (χ4v) is 2.12. The molecule has 1 N–H and O–H groups in total. The predicted octanol–water partition coefficient (Wildman–Crippen LogP) is 5.37. The van der Waals surface area contributed by atoms with Gasteiger partial charge in [0.1, 0.15) is 0 Å². The van der Waals surface area contributed by atoms with Crippen LogP contribution < -0.4 is 0 Å². The lowest BCUT2D eigenvalue weighted by atomic mass is 10.0. The van der Waals surface area contributed by atoms with Gasteiger partial charge in [-0.3, -0.25) is 0 Å². The van der Waals surface area contributed by atoms with Gasteiger partial charge in [0, 0.05) is 0 Å². The molecule has 0 aliphatic heterocycles. The maximum Gasteiger partial charge on any atom is 0.0722 e. The second kappa shape index (κ2) is 9.55. The second-order valence-corrected chi connectivity index (χ2v) is 5.50. The van der Waals surface area contributed by atoms with Crippen LogP contribution in [0.25, 0.3) is 6.08 Å². The third-order valence-corrected chi connectivity index (χ3v) is 3.54. The minimum Gasteiger partial charge on any atom is -0.389 e.